The molecule has 3 nitrogen and oxygen atoms in total. The van der Waals surface area contributed by atoms with Gasteiger partial charge in [0.1, 0.15) is 0 Å². The molecule has 0 saturated carbocycles. The highest BCUT2D eigenvalue weighted by molar-refractivity contribution is 7.97. The van der Waals surface area contributed by atoms with Gasteiger partial charge in [0.25, 0.3) is 0 Å². The average Bonchev–Trinajstić information content (AvgIpc) is 2.41. The summed E-state index contributed by atoms with van der Waals surface area (Å²) in [6.07, 6.45) is 0.641. The maximum absolute atomic E-state index is 11.4. The molecule has 0 atom stereocenters. The first kappa shape index (κ1) is 14.3. The van der Waals surface area contributed by atoms with E-state index in [9.17, 15) is 9.59 Å². The van der Waals surface area contributed by atoms with Crippen LogP contribution in [0.15, 0.2) is 48.5 Å². The van der Waals surface area contributed by atoms with Crippen molar-refractivity contribution in [1.82, 2.24) is 0 Å². The van der Waals surface area contributed by atoms with Crippen LogP contribution in [-0.2, 0) is 17.6 Å². The zero-order valence-electron chi connectivity index (χ0n) is 10.7. The summed E-state index contributed by atoms with van der Waals surface area (Å²) in [5.74, 6) is -0.844. The van der Waals surface area contributed by atoms with Gasteiger partial charge in [-0.05, 0) is 23.1 Å². The molecule has 0 bridgehead atoms. The van der Waals surface area contributed by atoms with Crippen LogP contribution >= 0.6 is 12.6 Å². The molecule has 0 aliphatic rings. The second-order valence-electron chi connectivity index (χ2n) is 4.53. The van der Waals surface area contributed by atoms with Gasteiger partial charge in [-0.2, -0.15) is 0 Å². The minimum Gasteiger partial charge on any atom is -0.481 e. The SMILES string of the molecule is O=C(O)Cc1ccc(Cc2ccccc2C(=O)S)cc1. The number of thiol groups is 1. The van der Waals surface area contributed by atoms with Crippen LogP contribution in [-0.4, -0.2) is 16.2 Å². The van der Waals surface area contributed by atoms with E-state index in [4.69, 9.17) is 5.11 Å². The van der Waals surface area contributed by atoms with Crippen LogP contribution in [0, 0.1) is 0 Å². The summed E-state index contributed by atoms with van der Waals surface area (Å²) in [7, 11) is 0. The number of carboxylic acid groups (broad SMARTS) is 1. The Labute approximate surface area is 122 Å². The smallest absolute Gasteiger partial charge is 0.307 e. The highest BCUT2D eigenvalue weighted by atomic mass is 32.1. The Balaban J connectivity index is 2.18. The average molecular weight is 286 g/mol. The molecule has 0 unspecified atom stereocenters. The number of aliphatic carboxylic acids is 1. The molecule has 2 aromatic rings. The molecule has 2 aromatic carbocycles. The monoisotopic (exact) mass is 286 g/mol. The van der Waals surface area contributed by atoms with E-state index >= 15 is 0 Å². The largest absolute Gasteiger partial charge is 0.481 e. The first-order chi connectivity index (χ1) is 9.56. The molecule has 1 N–H and O–H groups in total. The summed E-state index contributed by atoms with van der Waals surface area (Å²) in [5, 5.41) is 8.48. The van der Waals surface area contributed by atoms with Gasteiger partial charge in [0.2, 0.25) is 5.12 Å². The lowest BCUT2D eigenvalue weighted by molar-refractivity contribution is -0.136. The third kappa shape index (κ3) is 3.71. The van der Waals surface area contributed by atoms with Gasteiger partial charge in [0.05, 0.1) is 6.42 Å². The zero-order valence-corrected chi connectivity index (χ0v) is 11.6. The molecule has 2 rings (SSSR count). The quantitative estimate of drug-likeness (QED) is 0.831. The van der Waals surface area contributed by atoms with Crippen molar-refractivity contribution in [2.24, 2.45) is 0 Å². The van der Waals surface area contributed by atoms with E-state index in [1.54, 1.807) is 18.2 Å². The fourth-order valence-electron chi connectivity index (χ4n) is 2.05. The number of carbonyl (C=O) groups is 2. The molecule has 0 heterocycles. The van der Waals surface area contributed by atoms with E-state index in [2.05, 4.69) is 12.6 Å². The Morgan fingerprint density at radius 3 is 2.15 bits per heavy atom. The minimum atomic E-state index is -0.844. The van der Waals surface area contributed by atoms with E-state index in [1.807, 2.05) is 30.3 Å². The van der Waals surface area contributed by atoms with Crippen molar-refractivity contribution in [3.63, 3.8) is 0 Å². The summed E-state index contributed by atoms with van der Waals surface area (Å²) in [4.78, 5) is 22.0. The first-order valence-corrected chi connectivity index (χ1v) is 6.62. The molecule has 102 valence electrons. The van der Waals surface area contributed by atoms with E-state index in [0.29, 0.717) is 12.0 Å². The van der Waals surface area contributed by atoms with Crippen LogP contribution in [0.3, 0.4) is 0 Å². The third-order valence-electron chi connectivity index (χ3n) is 3.02. The lowest BCUT2D eigenvalue weighted by Crippen LogP contribution is -2.01. The van der Waals surface area contributed by atoms with Gasteiger partial charge in [-0.25, -0.2) is 0 Å². The predicted octanol–water partition coefficient (Wildman–Crippen LogP) is 2.97. The van der Waals surface area contributed by atoms with Crippen molar-refractivity contribution >= 4 is 23.7 Å². The van der Waals surface area contributed by atoms with Crippen molar-refractivity contribution in [2.75, 3.05) is 0 Å². The van der Waals surface area contributed by atoms with Gasteiger partial charge in [0.15, 0.2) is 0 Å². The maximum atomic E-state index is 11.4. The van der Waals surface area contributed by atoms with Gasteiger partial charge >= 0.3 is 5.97 Å². The number of benzene rings is 2. The van der Waals surface area contributed by atoms with Gasteiger partial charge in [-0.15, -0.1) is 12.6 Å². The summed E-state index contributed by atoms with van der Waals surface area (Å²) in [6, 6.07) is 14.7. The van der Waals surface area contributed by atoms with E-state index in [0.717, 1.165) is 16.7 Å². The number of hydrogen-bond donors (Lipinski definition) is 2. The second-order valence-corrected chi connectivity index (χ2v) is 4.93. The van der Waals surface area contributed by atoms with Gasteiger partial charge in [0, 0.05) is 5.56 Å². The molecule has 0 aliphatic carbocycles. The lowest BCUT2D eigenvalue weighted by Gasteiger charge is -2.07. The molecule has 0 fully saturated rings. The minimum absolute atomic E-state index is 0.0198. The van der Waals surface area contributed by atoms with E-state index < -0.39 is 5.97 Å². The van der Waals surface area contributed by atoms with Gasteiger partial charge < -0.3 is 5.11 Å². The third-order valence-corrected chi connectivity index (χ3v) is 3.26. The Bertz CT molecular complexity index is 632. The fourth-order valence-corrected chi connectivity index (χ4v) is 2.27. The molecular formula is C16H14O3S. The molecular weight excluding hydrogens is 272 g/mol. The van der Waals surface area contributed by atoms with Crippen molar-refractivity contribution in [1.29, 1.82) is 0 Å². The number of hydrogen-bond acceptors (Lipinski definition) is 2. The standard InChI is InChI=1S/C16H14O3S/c17-15(18)10-12-7-5-11(6-8-12)9-13-3-1-2-4-14(13)16(19)20/h1-8H,9-10H2,(H,17,18)(H,19,20). The Hall–Kier alpha value is -2.07. The molecule has 0 radical (unpaired) electrons. The van der Waals surface area contributed by atoms with Crippen LogP contribution in [0.4, 0.5) is 0 Å². The van der Waals surface area contributed by atoms with Crippen LogP contribution < -0.4 is 0 Å². The molecule has 0 spiro atoms. The molecule has 0 amide bonds. The second kappa shape index (κ2) is 6.39. The summed E-state index contributed by atoms with van der Waals surface area (Å²) < 4.78 is 0. The van der Waals surface area contributed by atoms with Crippen molar-refractivity contribution < 1.29 is 14.7 Å². The van der Waals surface area contributed by atoms with Gasteiger partial charge in [-0.3, -0.25) is 9.59 Å². The fraction of sp³-hybridized carbons (Fsp3) is 0.125. The number of rotatable bonds is 5. The molecule has 0 saturated heterocycles. The van der Waals surface area contributed by atoms with Gasteiger partial charge in [-0.1, -0.05) is 48.5 Å². The van der Waals surface area contributed by atoms with Crippen LogP contribution in [0.2, 0.25) is 0 Å². The van der Waals surface area contributed by atoms with Crippen LogP contribution in [0.5, 0.6) is 0 Å². The number of carboxylic acids is 1. The first-order valence-electron chi connectivity index (χ1n) is 6.17. The molecule has 0 aliphatic heterocycles. The maximum Gasteiger partial charge on any atom is 0.307 e. The Kier molecular flexibility index (Phi) is 4.58. The molecule has 0 aromatic heterocycles. The normalized spacial score (nSPS) is 10.2. The predicted molar refractivity (Wildman–Crippen MR) is 80.3 cm³/mol. The summed E-state index contributed by atoms with van der Waals surface area (Å²) in [5.41, 5.74) is 3.31. The highest BCUT2D eigenvalue weighted by Gasteiger charge is 2.08. The zero-order chi connectivity index (χ0) is 14.5. The number of carbonyl (C=O) groups excluding carboxylic acids is 1. The molecule has 20 heavy (non-hydrogen) atoms. The van der Waals surface area contributed by atoms with Crippen LogP contribution in [0.25, 0.3) is 0 Å². The Morgan fingerprint density at radius 2 is 1.55 bits per heavy atom. The van der Waals surface area contributed by atoms with Crippen molar-refractivity contribution in [2.45, 2.75) is 12.8 Å². The van der Waals surface area contributed by atoms with E-state index in [-0.39, 0.29) is 11.5 Å². The van der Waals surface area contributed by atoms with Crippen LogP contribution in [0.1, 0.15) is 27.0 Å². The van der Waals surface area contributed by atoms with Crippen molar-refractivity contribution in [3.05, 3.63) is 70.8 Å². The summed E-state index contributed by atoms with van der Waals surface area (Å²) in [6.45, 7) is 0. The Morgan fingerprint density at radius 1 is 0.950 bits per heavy atom. The van der Waals surface area contributed by atoms with Crippen molar-refractivity contribution in [3.8, 4) is 0 Å². The lowest BCUT2D eigenvalue weighted by atomic mass is 9.99. The molecule has 4 heteroatoms. The van der Waals surface area contributed by atoms with E-state index in [1.165, 1.54) is 0 Å². The highest BCUT2D eigenvalue weighted by Crippen LogP contribution is 2.17. The summed E-state index contributed by atoms with van der Waals surface area (Å²) >= 11 is 3.87. The topological polar surface area (TPSA) is 54.4 Å².